The number of nitrogens with one attached hydrogen (secondary N) is 1. The number of ketones is 1. The van der Waals surface area contributed by atoms with Crippen molar-refractivity contribution < 1.29 is 13.5 Å². The van der Waals surface area contributed by atoms with Crippen LogP contribution in [0.15, 0.2) is 51.9 Å². The van der Waals surface area contributed by atoms with Crippen LogP contribution in [0.3, 0.4) is 0 Å². The first-order valence-electron chi connectivity index (χ1n) is 9.66. The second-order valence-corrected chi connectivity index (χ2v) is 10.4. The van der Waals surface area contributed by atoms with E-state index in [0.29, 0.717) is 27.2 Å². The average Bonchev–Trinajstić information content (AvgIpc) is 3.30. The van der Waals surface area contributed by atoms with Gasteiger partial charge in [-0.1, -0.05) is 45.8 Å². The van der Waals surface area contributed by atoms with Crippen LogP contribution in [0, 0.1) is 13.8 Å². The number of nitrogens with zero attached hydrogens (tertiary/aromatic N) is 2. The van der Waals surface area contributed by atoms with Crippen LogP contribution in [-0.2, 0) is 16.6 Å². The highest BCUT2D eigenvalue weighted by Gasteiger charge is 2.22. The minimum absolute atomic E-state index is 0.0840. The summed E-state index contributed by atoms with van der Waals surface area (Å²) in [7, 11) is -1.25. The Morgan fingerprint density at radius 3 is 2.42 bits per heavy atom. The molecule has 0 radical (unpaired) electrons. The maximum atomic E-state index is 12.9. The number of halogens is 2. The first kappa shape index (κ1) is 23.4. The van der Waals surface area contributed by atoms with Gasteiger partial charge in [0.2, 0.25) is 5.78 Å². The predicted octanol–water partition coefficient (Wildman–Crippen LogP) is 5.92. The van der Waals surface area contributed by atoms with E-state index in [1.165, 1.54) is 0 Å². The molecule has 1 unspecified atom stereocenters. The minimum Gasteiger partial charge on any atom is -0.382 e. The molecule has 2 heterocycles. The molecular formula is C22H18Cl2N4O3S2. The molecule has 3 N–H and O–H groups in total. The standard InChI is InChI=1S/C22H18Cl2N4O3S2/c1-11-15(12(2)31-28-11)10-33(30)14-8-6-13(7-9-14)26-22-27-21(25)20(32-22)19(29)18-16(23)4-3-5-17(18)24/h3-9H,10,25H2,1-2H3,(H,26,27). The van der Waals surface area contributed by atoms with Gasteiger partial charge in [0, 0.05) is 16.1 Å². The molecule has 4 aromatic rings. The van der Waals surface area contributed by atoms with Gasteiger partial charge in [0.05, 0.1) is 37.9 Å². The van der Waals surface area contributed by atoms with E-state index in [1.54, 1.807) is 49.4 Å². The topological polar surface area (TPSA) is 111 Å². The van der Waals surface area contributed by atoms with Gasteiger partial charge < -0.3 is 15.6 Å². The molecular weight excluding hydrogens is 503 g/mol. The molecule has 0 saturated carbocycles. The highest BCUT2D eigenvalue weighted by Crippen LogP contribution is 2.34. The van der Waals surface area contributed by atoms with Crippen molar-refractivity contribution >= 4 is 67.8 Å². The average molecular weight is 521 g/mol. The zero-order chi connectivity index (χ0) is 23.7. The number of thiazole rings is 1. The number of aromatic nitrogens is 2. The monoisotopic (exact) mass is 520 g/mol. The van der Waals surface area contributed by atoms with Gasteiger partial charge in [0.1, 0.15) is 16.5 Å². The molecule has 7 nitrogen and oxygen atoms in total. The molecule has 0 spiro atoms. The van der Waals surface area contributed by atoms with Crippen LogP contribution in [0.25, 0.3) is 0 Å². The lowest BCUT2D eigenvalue weighted by molar-refractivity contribution is 0.104. The van der Waals surface area contributed by atoms with Crippen LogP contribution in [-0.4, -0.2) is 20.1 Å². The lowest BCUT2D eigenvalue weighted by Crippen LogP contribution is -2.04. The zero-order valence-electron chi connectivity index (χ0n) is 17.5. The Balaban J connectivity index is 1.49. The third-order valence-corrected chi connectivity index (χ3v) is 7.84. The minimum atomic E-state index is -1.25. The lowest BCUT2D eigenvalue weighted by atomic mass is 10.1. The van der Waals surface area contributed by atoms with E-state index in [1.807, 2.05) is 6.92 Å². The van der Waals surface area contributed by atoms with Gasteiger partial charge in [0.25, 0.3) is 0 Å². The molecule has 0 amide bonds. The zero-order valence-corrected chi connectivity index (χ0v) is 20.7. The number of anilines is 3. The Hall–Kier alpha value is -2.72. The summed E-state index contributed by atoms with van der Waals surface area (Å²) in [4.78, 5) is 18.1. The Bertz CT molecular complexity index is 1330. The number of rotatable bonds is 7. The lowest BCUT2D eigenvalue weighted by Gasteiger charge is -2.05. The van der Waals surface area contributed by atoms with Crippen LogP contribution in [0.5, 0.6) is 0 Å². The summed E-state index contributed by atoms with van der Waals surface area (Å²) >= 11 is 13.4. The smallest absolute Gasteiger partial charge is 0.209 e. The summed E-state index contributed by atoms with van der Waals surface area (Å²) in [6.07, 6.45) is 0. The maximum Gasteiger partial charge on any atom is 0.209 e. The summed E-state index contributed by atoms with van der Waals surface area (Å²) in [6.45, 7) is 3.63. The molecule has 0 fully saturated rings. The highest BCUT2D eigenvalue weighted by molar-refractivity contribution is 7.84. The van der Waals surface area contributed by atoms with E-state index in [-0.39, 0.29) is 26.3 Å². The maximum absolute atomic E-state index is 12.9. The van der Waals surface area contributed by atoms with E-state index in [4.69, 9.17) is 33.5 Å². The van der Waals surface area contributed by atoms with Gasteiger partial charge in [-0.3, -0.25) is 9.00 Å². The molecule has 0 aliphatic heterocycles. The Morgan fingerprint density at radius 1 is 1.15 bits per heavy atom. The van der Waals surface area contributed by atoms with Crippen LogP contribution in [0.4, 0.5) is 16.6 Å². The van der Waals surface area contributed by atoms with E-state index < -0.39 is 16.6 Å². The van der Waals surface area contributed by atoms with Gasteiger partial charge >= 0.3 is 0 Å². The number of carbonyl (C=O) groups is 1. The molecule has 33 heavy (non-hydrogen) atoms. The van der Waals surface area contributed by atoms with Crippen LogP contribution < -0.4 is 11.1 Å². The fourth-order valence-corrected chi connectivity index (χ4v) is 5.81. The number of hydrogen-bond donors (Lipinski definition) is 2. The summed E-state index contributed by atoms with van der Waals surface area (Å²) in [5.74, 6) is 0.691. The van der Waals surface area contributed by atoms with E-state index in [9.17, 15) is 9.00 Å². The molecule has 0 aliphatic carbocycles. The molecule has 0 saturated heterocycles. The van der Waals surface area contributed by atoms with Gasteiger partial charge in [-0.15, -0.1) is 0 Å². The second-order valence-electron chi connectivity index (χ2n) is 7.10. The Labute approximate surface area is 206 Å². The van der Waals surface area contributed by atoms with Crippen molar-refractivity contribution in [1.29, 1.82) is 0 Å². The van der Waals surface area contributed by atoms with Gasteiger partial charge in [-0.05, 0) is 50.2 Å². The molecule has 1 atom stereocenters. The SMILES string of the molecule is Cc1noc(C)c1CS(=O)c1ccc(Nc2nc(N)c(C(=O)c3c(Cl)cccc3Cl)s2)cc1. The fourth-order valence-electron chi connectivity index (χ4n) is 3.11. The molecule has 2 aromatic carbocycles. The van der Waals surface area contributed by atoms with Crippen LogP contribution >= 0.6 is 34.5 Å². The predicted molar refractivity (Wildman–Crippen MR) is 132 cm³/mol. The highest BCUT2D eigenvalue weighted by atomic mass is 35.5. The van der Waals surface area contributed by atoms with Crippen molar-refractivity contribution in [3.8, 4) is 0 Å². The van der Waals surface area contributed by atoms with Crippen LogP contribution in [0.2, 0.25) is 10.0 Å². The van der Waals surface area contributed by atoms with Gasteiger partial charge in [-0.25, -0.2) is 4.98 Å². The number of aryl methyl sites for hydroxylation is 2. The number of nitrogen functional groups attached to an aromatic ring is 1. The molecule has 0 bridgehead atoms. The third kappa shape index (κ3) is 4.96. The van der Waals surface area contributed by atoms with Crippen LogP contribution in [0.1, 0.15) is 32.3 Å². The van der Waals surface area contributed by atoms with Crippen molar-refractivity contribution in [1.82, 2.24) is 10.1 Å². The van der Waals surface area contributed by atoms with Gasteiger partial charge in [-0.2, -0.15) is 0 Å². The van der Waals surface area contributed by atoms with E-state index in [2.05, 4.69) is 15.5 Å². The van der Waals surface area contributed by atoms with Gasteiger partial charge in [0.15, 0.2) is 5.13 Å². The summed E-state index contributed by atoms with van der Waals surface area (Å²) < 4.78 is 17.9. The molecule has 2 aromatic heterocycles. The van der Waals surface area contributed by atoms with Crippen molar-refractivity contribution in [3.05, 3.63) is 80.0 Å². The second kappa shape index (κ2) is 9.64. The molecule has 170 valence electrons. The number of hydrogen-bond acceptors (Lipinski definition) is 8. The number of carbonyl (C=O) groups excluding carboxylic acids is 1. The largest absolute Gasteiger partial charge is 0.382 e. The number of nitrogens with two attached hydrogens (primary N) is 1. The summed E-state index contributed by atoms with van der Waals surface area (Å²) in [6, 6.07) is 11.9. The molecule has 0 aliphatic rings. The fraction of sp³-hybridized carbons (Fsp3) is 0.136. The number of benzene rings is 2. The third-order valence-electron chi connectivity index (χ3n) is 4.87. The van der Waals surface area contributed by atoms with Crippen molar-refractivity contribution in [2.24, 2.45) is 0 Å². The Kier molecular flexibility index (Phi) is 6.85. The summed E-state index contributed by atoms with van der Waals surface area (Å²) in [5.41, 5.74) is 8.47. The normalized spacial score (nSPS) is 12.0. The van der Waals surface area contributed by atoms with E-state index in [0.717, 1.165) is 22.6 Å². The first-order valence-corrected chi connectivity index (χ1v) is 12.6. The first-order chi connectivity index (χ1) is 15.7. The van der Waals surface area contributed by atoms with E-state index >= 15 is 0 Å². The van der Waals surface area contributed by atoms with Crippen molar-refractivity contribution in [2.75, 3.05) is 11.1 Å². The van der Waals surface area contributed by atoms with Crippen molar-refractivity contribution in [3.63, 3.8) is 0 Å². The molecule has 4 rings (SSSR count). The molecule has 11 heteroatoms. The quantitative estimate of drug-likeness (QED) is 0.291. The Morgan fingerprint density at radius 2 is 1.82 bits per heavy atom. The van der Waals surface area contributed by atoms with Crippen molar-refractivity contribution in [2.45, 2.75) is 24.5 Å². The summed E-state index contributed by atoms with van der Waals surface area (Å²) in [5, 5.41) is 7.94.